The number of methoxy groups -OCH3 is 1. The highest BCUT2D eigenvalue weighted by atomic mass is 19.4. The molecular weight excluding hydrogens is 317 g/mol. The van der Waals surface area contributed by atoms with Gasteiger partial charge in [0.1, 0.15) is 12.0 Å². The Morgan fingerprint density at radius 3 is 2.87 bits per heavy atom. The summed E-state index contributed by atoms with van der Waals surface area (Å²) >= 11 is 0. The maximum atomic E-state index is 12.1. The molecule has 2 aromatic heterocycles. The SMILES string of the molecule is COC(=O)c1coc(CNc2ccnc(OCC(F)(F)F)c2)c1. The van der Waals surface area contributed by atoms with Gasteiger partial charge in [-0.1, -0.05) is 0 Å². The molecule has 0 bridgehead atoms. The molecule has 2 aromatic rings. The standard InChI is InChI=1S/C14H13F3N2O4/c1-21-13(20)9-4-11(22-7-9)6-19-10-2-3-18-12(5-10)23-8-14(15,16)17/h2-5,7H,6,8H2,1H3,(H,18,19). The minimum absolute atomic E-state index is 0.151. The smallest absolute Gasteiger partial charge is 0.422 e. The fourth-order valence-electron chi connectivity index (χ4n) is 1.64. The number of nitrogens with zero attached hydrogens (tertiary/aromatic N) is 1. The third-order valence-electron chi connectivity index (χ3n) is 2.66. The van der Waals surface area contributed by atoms with Crippen molar-refractivity contribution in [2.75, 3.05) is 19.0 Å². The van der Waals surface area contributed by atoms with Crippen molar-refractivity contribution in [3.05, 3.63) is 42.0 Å². The predicted molar refractivity (Wildman–Crippen MR) is 73.2 cm³/mol. The first-order valence-electron chi connectivity index (χ1n) is 6.42. The highest BCUT2D eigenvalue weighted by Crippen LogP contribution is 2.20. The van der Waals surface area contributed by atoms with Gasteiger partial charge in [0.25, 0.3) is 0 Å². The van der Waals surface area contributed by atoms with E-state index in [2.05, 4.69) is 19.8 Å². The molecule has 0 radical (unpaired) electrons. The van der Waals surface area contributed by atoms with Crippen LogP contribution in [0.4, 0.5) is 18.9 Å². The Morgan fingerprint density at radius 1 is 1.39 bits per heavy atom. The van der Waals surface area contributed by atoms with Gasteiger partial charge in [-0.15, -0.1) is 0 Å². The zero-order valence-corrected chi connectivity index (χ0v) is 12.0. The first kappa shape index (κ1) is 16.7. The maximum Gasteiger partial charge on any atom is 0.422 e. The Morgan fingerprint density at radius 2 is 2.17 bits per heavy atom. The van der Waals surface area contributed by atoms with Crippen LogP contribution in [0.2, 0.25) is 0 Å². The van der Waals surface area contributed by atoms with Crippen LogP contribution in [0.5, 0.6) is 5.88 Å². The Balaban J connectivity index is 1.93. The molecular formula is C14H13F3N2O4. The lowest BCUT2D eigenvalue weighted by atomic mass is 10.3. The van der Waals surface area contributed by atoms with Crippen LogP contribution in [0.1, 0.15) is 16.1 Å². The minimum Gasteiger partial charge on any atom is -0.468 e. The van der Waals surface area contributed by atoms with Crippen molar-refractivity contribution in [3.63, 3.8) is 0 Å². The second kappa shape index (κ2) is 7.03. The van der Waals surface area contributed by atoms with Gasteiger partial charge in [-0.05, 0) is 12.1 Å². The van der Waals surface area contributed by atoms with E-state index in [-0.39, 0.29) is 18.0 Å². The molecule has 2 rings (SSSR count). The van der Waals surface area contributed by atoms with E-state index in [1.807, 2.05) is 0 Å². The summed E-state index contributed by atoms with van der Waals surface area (Å²) < 4.78 is 50.5. The van der Waals surface area contributed by atoms with E-state index < -0.39 is 18.8 Å². The monoisotopic (exact) mass is 330 g/mol. The molecule has 0 spiro atoms. The van der Waals surface area contributed by atoms with Gasteiger partial charge in [0.05, 0.1) is 19.2 Å². The number of aromatic nitrogens is 1. The van der Waals surface area contributed by atoms with Crippen LogP contribution < -0.4 is 10.1 Å². The fourth-order valence-corrected chi connectivity index (χ4v) is 1.64. The van der Waals surface area contributed by atoms with Crippen LogP contribution >= 0.6 is 0 Å². The number of anilines is 1. The molecule has 0 aliphatic carbocycles. The van der Waals surface area contributed by atoms with E-state index in [4.69, 9.17) is 4.42 Å². The number of carbonyl (C=O) groups excluding carboxylic acids is 1. The summed E-state index contributed by atoms with van der Waals surface area (Å²) in [6, 6.07) is 4.39. The summed E-state index contributed by atoms with van der Waals surface area (Å²) in [6.45, 7) is -1.19. The third kappa shape index (κ3) is 5.20. The fraction of sp³-hybridized carbons (Fsp3) is 0.286. The number of halogens is 3. The van der Waals surface area contributed by atoms with Crippen molar-refractivity contribution >= 4 is 11.7 Å². The Bertz CT molecular complexity index is 670. The molecule has 6 nitrogen and oxygen atoms in total. The van der Waals surface area contributed by atoms with Crippen molar-refractivity contribution in [2.45, 2.75) is 12.7 Å². The van der Waals surface area contributed by atoms with Crippen LogP contribution in [-0.2, 0) is 11.3 Å². The number of furan rings is 1. The van der Waals surface area contributed by atoms with Gasteiger partial charge in [-0.3, -0.25) is 0 Å². The second-order valence-electron chi connectivity index (χ2n) is 4.43. The predicted octanol–water partition coefficient (Wildman–Crippen LogP) is 3.01. The van der Waals surface area contributed by atoms with Crippen LogP contribution in [0.15, 0.2) is 35.1 Å². The molecule has 0 saturated carbocycles. The van der Waals surface area contributed by atoms with Gasteiger partial charge < -0.3 is 19.2 Å². The minimum atomic E-state index is -4.43. The van der Waals surface area contributed by atoms with Crippen molar-refractivity contribution in [1.82, 2.24) is 4.98 Å². The lowest BCUT2D eigenvalue weighted by Crippen LogP contribution is -2.19. The number of rotatable bonds is 6. The molecule has 0 amide bonds. The number of carbonyl (C=O) groups is 1. The van der Waals surface area contributed by atoms with Gasteiger partial charge in [-0.25, -0.2) is 9.78 Å². The van der Waals surface area contributed by atoms with Crippen molar-refractivity contribution < 1.29 is 31.9 Å². The van der Waals surface area contributed by atoms with Crippen LogP contribution in [-0.4, -0.2) is 30.8 Å². The topological polar surface area (TPSA) is 73.6 Å². The number of pyridine rings is 1. The van der Waals surface area contributed by atoms with Crippen LogP contribution in [0.3, 0.4) is 0 Å². The number of alkyl halides is 3. The summed E-state index contributed by atoms with van der Waals surface area (Å²) in [7, 11) is 1.26. The van der Waals surface area contributed by atoms with E-state index >= 15 is 0 Å². The zero-order chi connectivity index (χ0) is 16.9. The van der Waals surface area contributed by atoms with E-state index in [9.17, 15) is 18.0 Å². The molecule has 0 aromatic carbocycles. The van der Waals surface area contributed by atoms with Gasteiger partial charge in [0, 0.05) is 18.0 Å². The Labute approximate surface area is 129 Å². The number of ether oxygens (including phenoxy) is 2. The van der Waals surface area contributed by atoms with Crippen molar-refractivity contribution in [2.24, 2.45) is 0 Å². The Hall–Kier alpha value is -2.71. The number of hydrogen-bond acceptors (Lipinski definition) is 6. The van der Waals surface area contributed by atoms with E-state index in [0.29, 0.717) is 11.4 Å². The number of hydrogen-bond donors (Lipinski definition) is 1. The molecule has 0 atom stereocenters. The molecule has 23 heavy (non-hydrogen) atoms. The van der Waals surface area contributed by atoms with E-state index in [1.165, 1.54) is 31.7 Å². The lowest BCUT2D eigenvalue weighted by Gasteiger charge is -2.09. The largest absolute Gasteiger partial charge is 0.468 e. The Kier molecular flexibility index (Phi) is 5.09. The lowest BCUT2D eigenvalue weighted by molar-refractivity contribution is -0.154. The molecule has 0 fully saturated rings. The van der Waals surface area contributed by atoms with Crippen LogP contribution in [0, 0.1) is 0 Å². The van der Waals surface area contributed by atoms with E-state index in [1.54, 1.807) is 6.07 Å². The average Bonchev–Trinajstić information content (AvgIpc) is 2.99. The van der Waals surface area contributed by atoms with Crippen molar-refractivity contribution in [1.29, 1.82) is 0 Å². The molecule has 2 heterocycles. The first-order valence-corrected chi connectivity index (χ1v) is 6.42. The summed E-state index contributed by atoms with van der Waals surface area (Å²) in [4.78, 5) is 15.0. The van der Waals surface area contributed by atoms with Gasteiger partial charge in [0.2, 0.25) is 5.88 Å². The molecule has 1 N–H and O–H groups in total. The summed E-state index contributed by atoms with van der Waals surface area (Å²) in [6.07, 6.45) is -1.85. The van der Waals surface area contributed by atoms with E-state index in [0.717, 1.165) is 0 Å². The highest BCUT2D eigenvalue weighted by molar-refractivity contribution is 5.88. The molecule has 9 heteroatoms. The molecule has 0 unspecified atom stereocenters. The van der Waals surface area contributed by atoms with Crippen molar-refractivity contribution in [3.8, 4) is 5.88 Å². The summed E-state index contributed by atoms with van der Waals surface area (Å²) in [5.41, 5.74) is 0.765. The first-order chi connectivity index (χ1) is 10.9. The van der Waals surface area contributed by atoms with Gasteiger partial charge in [0.15, 0.2) is 6.61 Å². The number of esters is 1. The normalized spacial score (nSPS) is 11.1. The number of nitrogens with one attached hydrogen (secondary N) is 1. The molecule has 0 aliphatic rings. The molecule has 0 saturated heterocycles. The summed E-state index contributed by atoms with van der Waals surface area (Å²) in [5, 5.41) is 2.92. The highest BCUT2D eigenvalue weighted by Gasteiger charge is 2.28. The van der Waals surface area contributed by atoms with Gasteiger partial charge in [-0.2, -0.15) is 13.2 Å². The zero-order valence-electron chi connectivity index (χ0n) is 12.0. The van der Waals surface area contributed by atoms with Gasteiger partial charge >= 0.3 is 12.1 Å². The maximum absolute atomic E-state index is 12.1. The average molecular weight is 330 g/mol. The van der Waals surface area contributed by atoms with Crippen LogP contribution in [0.25, 0.3) is 0 Å². The molecule has 0 aliphatic heterocycles. The third-order valence-corrected chi connectivity index (χ3v) is 2.66. The quantitative estimate of drug-likeness (QED) is 0.821. The second-order valence-corrected chi connectivity index (χ2v) is 4.43. The summed E-state index contributed by atoms with van der Waals surface area (Å²) in [5.74, 6) is -0.214. The molecule has 124 valence electrons.